The maximum absolute atomic E-state index is 5.61. The van der Waals surface area contributed by atoms with Crippen molar-refractivity contribution < 1.29 is 0 Å². The van der Waals surface area contributed by atoms with Crippen LogP contribution in [0.2, 0.25) is 0 Å². The molecule has 0 saturated carbocycles. The van der Waals surface area contributed by atoms with Crippen LogP contribution in [0.15, 0.2) is 48.5 Å². The largest absolute Gasteiger partial charge is 0.385 e. The highest BCUT2D eigenvalue weighted by atomic mass is 32.1. The van der Waals surface area contributed by atoms with Crippen LogP contribution in [0.1, 0.15) is 39.5 Å². The third kappa shape index (κ3) is 4.73. The zero-order valence-electron chi connectivity index (χ0n) is 18.7. The first-order chi connectivity index (χ1) is 15.2. The van der Waals surface area contributed by atoms with Crippen LogP contribution in [0, 0.1) is 0 Å². The number of aromatic nitrogens is 1. The zero-order valence-corrected chi connectivity index (χ0v) is 19.5. The molecule has 1 heterocycles. The van der Waals surface area contributed by atoms with E-state index < -0.39 is 0 Å². The van der Waals surface area contributed by atoms with Crippen molar-refractivity contribution in [3.63, 3.8) is 0 Å². The number of anilines is 1. The van der Waals surface area contributed by atoms with E-state index in [0.717, 1.165) is 43.8 Å². The van der Waals surface area contributed by atoms with E-state index in [1.54, 1.807) is 0 Å². The van der Waals surface area contributed by atoms with E-state index in [2.05, 4.69) is 72.3 Å². The van der Waals surface area contributed by atoms with E-state index in [4.69, 9.17) is 10.7 Å². The van der Waals surface area contributed by atoms with Crippen LogP contribution in [-0.4, -0.2) is 31.2 Å². The van der Waals surface area contributed by atoms with Gasteiger partial charge in [0.05, 0.1) is 20.8 Å². The Kier molecular flexibility index (Phi) is 7.15. The highest BCUT2D eigenvalue weighted by molar-refractivity contribution is 7.21. The number of hydrogen-bond donors (Lipinski definition) is 2. The van der Waals surface area contributed by atoms with E-state index in [9.17, 15) is 0 Å². The zero-order chi connectivity index (χ0) is 21.6. The van der Waals surface area contributed by atoms with Gasteiger partial charge in [0, 0.05) is 35.1 Å². The molecular weight excluding hydrogens is 400 g/mol. The van der Waals surface area contributed by atoms with Gasteiger partial charge in [-0.05, 0) is 45.4 Å². The molecule has 0 bridgehead atoms. The summed E-state index contributed by atoms with van der Waals surface area (Å²) in [4.78, 5) is 6.32. The minimum atomic E-state index is 0.793. The van der Waals surface area contributed by atoms with E-state index in [-0.39, 0.29) is 0 Å². The molecule has 0 amide bonds. The van der Waals surface area contributed by atoms with Crippen molar-refractivity contribution in [3.8, 4) is 10.6 Å². The lowest BCUT2D eigenvalue weighted by Gasteiger charge is -2.14. The van der Waals surface area contributed by atoms with Gasteiger partial charge in [-0.3, -0.25) is 0 Å². The molecule has 162 valence electrons. The predicted molar refractivity (Wildman–Crippen MR) is 136 cm³/mol. The Hall–Kier alpha value is -2.50. The number of nitrogens with one attached hydrogen (secondary N) is 1. The fourth-order valence-electron chi connectivity index (χ4n) is 4.22. The molecule has 31 heavy (non-hydrogen) atoms. The van der Waals surface area contributed by atoms with Gasteiger partial charge >= 0.3 is 0 Å². The Balaban J connectivity index is 1.76. The highest BCUT2D eigenvalue weighted by Gasteiger charge is 2.14. The lowest BCUT2D eigenvalue weighted by molar-refractivity contribution is 0.626. The third-order valence-electron chi connectivity index (χ3n) is 5.95. The number of nitrogens with zero attached hydrogens (tertiary/aromatic N) is 2. The van der Waals surface area contributed by atoms with Crippen molar-refractivity contribution in [2.75, 3.05) is 31.5 Å². The fraction of sp³-hybridized carbons (Fsp3) is 0.385. The summed E-state index contributed by atoms with van der Waals surface area (Å²) in [5.74, 6) is 0. The number of hydrogen-bond acceptors (Lipinski definition) is 4. The number of nitrogens with two attached hydrogens (primary N) is 1. The van der Waals surface area contributed by atoms with Gasteiger partial charge in [0.25, 0.3) is 0 Å². The van der Waals surface area contributed by atoms with E-state index >= 15 is 0 Å². The second-order valence-electron chi connectivity index (χ2n) is 7.98. The van der Waals surface area contributed by atoms with Crippen LogP contribution >= 0.6 is 11.3 Å². The molecule has 1 aliphatic heterocycles. The van der Waals surface area contributed by atoms with Crippen molar-refractivity contribution in [1.29, 1.82) is 0 Å². The highest BCUT2D eigenvalue weighted by Crippen LogP contribution is 2.37. The topological polar surface area (TPSA) is 54.0 Å². The summed E-state index contributed by atoms with van der Waals surface area (Å²) in [6.07, 6.45) is 4.72. The molecule has 4 nitrogen and oxygen atoms in total. The summed E-state index contributed by atoms with van der Waals surface area (Å²) >= 11 is 1.84. The summed E-state index contributed by atoms with van der Waals surface area (Å²) in [6, 6.07) is 17.6. The minimum Gasteiger partial charge on any atom is -0.385 e. The van der Waals surface area contributed by atoms with Crippen LogP contribution in [0.5, 0.6) is 0 Å². The Bertz CT molecular complexity index is 1210. The Labute approximate surface area is 188 Å². The molecule has 0 atom stereocenters. The average Bonchev–Trinajstić information content (AvgIpc) is 2.81. The van der Waals surface area contributed by atoms with Crippen LogP contribution in [-0.2, 0) is 0 Å². The maximum Gasteiger partial charge on any atom is 0.201 e. The van der Waals surface area contributed by atoms with Crippen molar-refractivity contribution in [3.05, 3.63) is 53.9 Å². The van der Waals surface area contributed by atoms with Gasteiger partial charge in [0.15, 0.2) is 0 Å². The lowest BCUT2D eigenvalue weighted by atomic mass is 10.1. The average molecular weight is 434 g/mol. The second kappa shape index (κ2) is 10.2. The number of unbranched alkanes of at least 4 members (excludes halogenated alkanes) is 3. The van der Waals surface area contributed by atoms with Gasteiger partial charge in [-0.1, -0.05) is 37.1 Å². The third-order valence-corrected chi connectivity index (χ3v) is 7.03. The van der Waals surface area contributed by atoms with Crippen LogP contribution in [0.3, 0.4) is 0 Å². The van der Waals surface area contributed by atoms with Gasteiger partial charge in [0.2, 0.25) is 5.36 Å². The number of fused-ring (bicyclic) bond motifs is 4. The van der Waals surface area contributed by atoms with Gasteiger partial charge in [0.1, 0.15) is 13.1 Å². The first-order valence-corrected chi connectivity index (χ1v) is 12.3. The quantitative estimate of drug-likeness (QED) is 0.163. The minimum absolute atomic E-state index is 0.793. The van der Waals surface area contributed by atoms with Crippen LogP contribution in [0.25, 0.3) is 31.6 Å². The molecule has 5 heteroatoms. The SMILES string of the molecule is CC[N+](CC)=c1ccc2nc3c(cc(NCCCCCCN)c4ccccc43)sc-2c1. The predicted octanol–water partition coefficient (Wildman–Crippen LogP) is 5.30. The summed E-state index contributed by atoms with van der Waals surface area (Å²) in [7, 11) is 0. The van der Waals surface area contributed by atoms with Crippen molar-refractivity contribution >= 4 is 38.0 Å². The molecule has 4 rings (SSSR count). The molecule has 2 aromatic rings. The lowest BCUT2D eigenvalue weighted by Crippen LogP contribution is -2.29. The van der Waals surface area contributed by atoms with Crippen molar-refractivity contribution in [2.45, 2.75) is 39.5 Å². The van der Waals surface area contributed by atoms with E-state index in [1.807, 2.05) is 11.3 Å². The number of benzene rings is 3. The fourth-order valence-corrected chi connectivity index (χ4v) is 5.28. The molecule has 2 aromatic carbocycles. The summed E-state index contributed by atoms with van der Waals surface area (Å²) in [5, 5.41) is 7.43. The number of rotatable bonds is 9. The molecule has 2 aliphatic rings. The molecule has 0 spiro atoms. The Morgan fingerprint density at radius 1 is 0.935 bits per heavy atom. The Morgan fingerprint density at radius 2 is 1.71 bits per heavy atom. The molecule has 0 fully saturated rings. The van der Waals surface area contributed by atoms with E-state index in [1.165, 1.54) is 50.7 Å². The maximum atomic E-state index is 5.61. The summed E-state index contributed by atoms with van der Waals surface area (Å²) in [5.41, 5.74) is 8.98. The van der Waals surface area contributed by atoms with Crippen LogP contribution < -0.4 is 21.0 Å². The van der Waals surface area contributed by atoms with Gasteiger partial charge in [-0.25, -0.2) is 9.56 Å². The van der Waals surface area contributed by atoms with Gasteiger partial charge in [-0.15, -0.1) is 11.3 Å². The van der Waals surface area contributed by atoms with Crippen molar-refractivity contribution in [1.82, 2.24) is 9.56 Å². The smallest absolute Gasteiger partial charge is 0.201 e. The van der Waals surface area contributed by atoms with Gasteiger partial charge < -0.3 is 11.1 Å². The first-order valence-electron chi connectivity index (χ1n) is 11.5. The molecular formula is C26H33N4S+. The summed E-state index contributed by atoms with van der Waals surface area (Å²) < 4.78 is 3.61. The molecule has 0 saturated heterocycles. The normalized spacial score (nSPS) is 11.5. The first kappa shape index (κ1) is 21.7. The molecule has 0 unspecified atom stereocenters. The molecule has 1 aliphatic carbocycles. The Morgan fingerprint density at radius 3 is 2.48 bits per heavy atom. The van der Waals surface area contributed by atoms with Gasteiger partial charge in [-0.2, -0.15) is 0 Å². The standard InChI is InChI=1S/C26H32N4S/c1-3-30(4-2)19-13-14-22-24(17-19)31-25-18-23(28-16-10-6-5-9-15-27)20-11-7-8-12-21(20)26(25)29-22/h7-8,11-14,17-18H,3-6,9-10,15-16,27H2,1-2H3/p+1. The van der Waals surface area contributed by atoms with E-state index in [0.29, 0.717) is 0 Å². The van der Waals surface area contributed by atoms with Crippen molar-refractivity contribution in [2.24, 2.45) is 5.73 Å². The molecule has 0 aromatic heterocycles. The molecule has 0 radical (unpaired) electrons. The monoisotopic (exact) mass is 433 g/mol. The second-order valence-corrected chi connectivity index (χ2v) is 9.07. The van der Waals surface area contributed by atoms with Crippen LogP contribution in [0.4, 0.5) is 5.69 Å². The molecule has 3 N–H and O–H groups in total. The summed E-state index contributed by atoms with van der Waals surface area (Å²) in [6.45, 7) is 8.21.